The molecule has 0 rings (SSSR count). The number of ketones is 1. The maximum atomic E-state index is 10.4. The molecule has 0 N–H and O–H groups in total. The second kappa shape index (κ2) is 6.79. The zero-order chi connectivity index (χ0) is 7.82. The van der Waals surface area contributed by atoms with Crippen LogP contribution in [0.1, 0.15) is 45.4 Å². The van der Waals surface area contributed by atoms with Crippen molar-refractivity contribution in [3.8, 4) is 0 Å². The summed E-state index contributed by atoms with van der Waals surface area (Å²) in [6.45, 7) is 5.50. The highest BCUT2D eigenvalue weighted by Crippen LogP contribution is 2.04. The zero-order valence-corrected chi connectivity index (χ0v) is 6.86. The van der Waals surface area contributed by atoms with Gasteiger partial charge >= 0.3 is 0 Å². The van der Waals surface area contributed by atoms with Gasteiger partial charge in [0.1, 0.15) is 5.78 Å². The first kappa shape index (κ1) is 9.67. The highest BCUT2D eigenvalue weighted by molar-refractivity contribution is 5.82. The van der Waals surface area contributed by atoms with Crippen molar-refractivity contribution in [2.24, 2.45) is 0 Å². The summed E-state index contributed by atoms with van der Waals surface area (Å²) in [5.74, 6) is 0.0801. The van der Waals surface area contributed by atoms with Crippen molar-refractivity contribution >= 4 is 5.78 Å². The number of carbonyl (C=O) groups excluding carboxylic acids is 1. The summed E-state index contributed by atoms with van der Waals surface area (Å²) in [6.07, 6.45) is 6.72. The molecule has 1 nitrogen and oxygen atoms in total. The monoisotopic (exact) mass is 141 g/mol. The van der Waals surface area contributed by atoms with E-state index >= 15 is 0 Å². The minimum Gasteiger partial charge on any atom is -0.300 e. The number of Topliss-reactive ketones (excluding diaryl/α,β-unsaturated/α-hetero) is 1. The van der Waals surface area contributed by atoms with Crippen molar-refractivity contribution in [3.63, 3.8) is 0 Å². The minimum absolute atomic E-state index is 0.0801. The molecule has 0 aromatic heterocycles. The van der Waals surface area contributed by atoms with E-state index in [0.29, 0.717) is 6.42 Å². The van der Waals surface area contributed by atoms with Gasteiger partial charge in [-0.1, -0.05) is 32.6 Å². The fourth-order valence-corrected chi connectivity index (χ4v) is 0.926. The summed E-state index contributed by atoms with van der Waals surface area (Å²) in [5.41, 5.74) is 0. The first-order valence-electron chi connectivity index (χ1n) is 4.12. The molecular weight excluding hydrogens is 124 g/mol. The van der Waals surface area contributed by atoms with Crippen molar-refractivity contribution in [1.82, 2.24) is 0 Å². The number of carbonyl (C=O) groups is 1. The molecule has 1 radical (unpaired) electrons. The molecule has 0 aliphatic rings. The largest absolute Gasteiger partial charge is 0.300 e. The molecule has 0 amide bonds. The highest BCUT2D eigenvalue weighted by atomic mass is 16.1. The van der Waals surface area contributed by atoms with E-state index in [-0.39, 0.29) is 5.78 Å². The predicted octanol–water partition coefficient (Wildman–Crippen LogP) is 2.75. The van der Waals surface area contributed by atoms with Gasteiger partial charge in [-0.25, -0.2) is 0 Å². The Morgan fingerprint density at radius 3 is 2.30 bits per heavy atom. The van der Waals surface area contributed by atoms with Crippen molar-refractivity contribution < 1.29 is 4.79 Å². The number of unbranched alkanes of at least 4 members (excludes halogenated alkanes) is 4. The molecule has 0 atom stereocenters. The molecule has 1 heteroatoms. The fraction of sp³-hybridized carbons (Fsp3) is 0.778. The van der Waals surface area contributed by atoms with Crippen molar-refractivity contribution in [1.29, 1.82) is 0 Å². The lowest BCUT2D eigenvalue weighted by atomic mass is 10.1. The number of hydrogen-bond acceptors (Lipinski definition) is 1. The molecule has 0 saturated heterocycles. The molecule has 0 aliphatic heterocycles. The van der Waals surface area contributed by atoms with E-state index in [1.54, 1.807) is 0 Å². The van der Waals surface area contributed by atoms with Gasteiger partial charge in [0.05, 0.1) is 0 Å². The fourth-order valence-electron chi connectivity index (χ4n) is 0.926. The standard InChI is InChI=1S/C9H17O/c1-3-4-5-6-7-8-9(2)10/h2-8H2,1H3. The quantitative estimate of drug-likeness (QED) is 0.520. The van der Waals surface area contributed by atoms with E-state index in [1.807, 2.05) is 0 Å². The van der Waals surface area contributed by atoms with Gasteiger partial charge in [0.15, 0.2) is 0 Å². The van der Waals surface area contributed by atoms with E-state index < -0.39 is 0 Å². The molecular formula is C9H17O. The smallest absolute Gasteiger partial charge is 0.133 e. The summed E-state index contributed by atoms with van der Waals surface area (Å²) in [7, 11) is 0. The van der Waals surface area contributed by atoms with Crippen LogP contribution in [0.3, 0.4) is 0 Å². The normalized spacial score (nSPS) is 9.80. The van der Waals surface area contributed by atoms with Crippen molar-refractivity contribution in [2.75, 3.05) is 0 Å². The highest BCUT2D eigenvalue weighted by Gasteiger charge is 1.92. The second-order valence-electron chi connectivity index (χ2n) is 2.70. The first-order chi connectivity index (χ1) is 4.77. The topological polar surface area (TPSA) is 17.1 Å². The summed E-state index contributed by atoms with van der Waals surface area (Å²) >= 11 is 0. The average Bonchev–Trinajstić information content (AvgIpc) is 1.87. The van der Waals surface area contributed by atoms with E-state index in [0.717, 1.165) is 6.42 Å². The zero-order valence-electron chi connectivity index (χ0n) is 6.86. The molecule has 0 spiro atoms. The maximum Gasteiger partial charge on any atom is 0.133 e. The van der Waals surface area contributed by atoms with Gasteiger partial charge in [0, 0.05) is 13.3 Å². The van der Waals surface area contributed by atoms with E-state index in [1.165, 1.54) is 25.7 Å². The third kappa shape index (κ3) is 7.67. The summed E-state index contributed by atoms with van der Waals surface area (Å²) in [6, 6.07) is 0. The second-order valence-corrected chi connectivity index (χ2v) is 2.70. The van der Waals surface area contributed by atoms with Crippen molar-refractivity contribution in [3.05, 3.63) is 6.92 Å². The van der Waals surface area contributed by atoms with E-state index in [4.69, 9.17) is 0 Å². The van der Waals surface area contributed by atoms with Gasteiger partial charge in [-0.2, -0.15) is 0 Å². The van der Waals surface area contributed by atoms with Crippen LogP contribution < -0.4 is 0 Å². The Morgan fingerprint density at radius 1 is 1.20 bits per heavy atom. The minimum atomic E-state index is 0.0801. The van der Waals surface area contributed by atoms with Crippen molar-refractivity contribution in [2.45, 2.75) is 45.4 Å². The molecule has 0 unspecified atom stereocenters. The van der Waals surface area contributed by atoms with Crippen LogP contribution in [0.2, 0.25) is 0 Å². The van der Waals surface area contributed by atoms with Crippen LogP contribution in [-0.4, -0.2) is 5.78 Å². The van der Waals surface area contributed by atoms with Gasteiger partial charge < -0.3 is 0 Å². The van der Waals surface area contributed by atoms with Gasteiger partial charge in [-0.3, -0.25) is 4.79 Å². The van der Waals surface area contributed by atoms with Crippen LogP contribution in [0.15, 0.2) is 0 Å². The first-order valence-corrected chi connectivity index (χ1v) is 4.12. The van der Waals surface area contributed by atoms with E-state index in [2.05, 4.69) is 13.8 Å². The van der Waals surface area contributed by atoms with Crippen LogP contribution in [0, 0.1) is 6.92 Å². The Kier molecular flexibility index (Phi) is 6.56. The average molecular weight is 141 g/mol. The summed E-state index contributed by atoms with van der Waals surface area (Å²) < 4.78 is 0. The molecule has 0 aromatic carbocycles. The number of hydrogen-bond donors (Lipinski definition) is 0. The Bertz CT molecular complexity index is 86.7. The van der Waals surface area contributed by atoms with Gasteiger partial charge in [-0.15, -0.1) is 0 Å². The Hall–Kier alpha value is -0.330. The van der Waals surface area contributed by atoms with Gasteiger partial charge in [-0.05, 0) is 6.42 Å². The van der Waals surface area contributed by atoms with Crippen LogP contribution >= 0.6 is 0 Å². The lowest BCUT2D eigenvalue weighted by molar-refractivity contribution is -0.114. The molecule has 59 valence electrons. The molecule has 0 fully saturated rings. The van der Waals surface area contributed by atoms with Crippen LogP contribution in [0.25, 0.3) is 0 Å². The molecule has 0 aromatic rings. The number of rotatable bonds is 6. The third-order valence-electron chi connectivity index (χ3n) is 1.56. The Morgan fingerprint density at radius 2 is 1.80 bits per heavy atom. The Balaban J connectivity index is 2.84. The molecule has 0 bridgehead atoms. The lowest BCUT2D eigenvalue weighted by Gasteiger charge is -1.95. The van der Waals surface area contributed by atoms with Crippen LogP contribution in [-0.2, 0) is 4.79 Å². The van der Waals surface area contributed by atoms with Gasteiger partial charge in [0.2, 0.25) is 0 Å². The molecule has 10 heavy (non-hydrogen) atoms. The van der Waals surface area contributed by atoms with E-state index in [9.17, 15) is 4.79 Å². The molecule has 0 saturated carbocycles. The third-order valence-corrected chi connectivity index (χ3v) is 1.56. The lowest BCUT2D eigenvalue weighted by Crippen LogP contribution is -1.89. The maximum absolute atomic E-state index is 10.4. The van der Waals surface area contributed by atoms with Crippen LogP contribution in [0.5, 0.6) is 0 Å². The summed E-state index contributed by atoms with van der Waals surface area (Å²) in [5, 5.41) is 0. The summed E-state index contributed by atoms with van der Waals surface area (Å²) in [4.78, 5) is 10.4. The predicted molar refractivity (Wildman–Crippen MR) is 43.7 cm³/mol. The Labute approximate surface area is 63.8 Å². The molecule has 0 heterocycles. The molecule has 0 aliphatic carbocycles. The van der Waals surface area contributed by atoms with Crippen LogP contribution in [0.4, 0.5) is 0 Å². The van der Waals surface area contributed by atoms with Gasteiger partial charge in [0.25, 0.3) is 0 Å². The SMILES string of the molecule is [CH2]C(=O)CCCCCCC.